The molecule has 0 fully saturated rings. The van der Waals surface area contributed by atoms with E-state index in [4.69, 9.17) is 11.6 Å². The summed E-state index contributed by atoms with van der Waals surface area (Å²) in [6, 6.07) is 3.49. The zero-order valence-electron chi connectivity index (χ0n) is 10.5. The van der Waals surface area contributed by atoms with Crippen molar-refractivity contribution in [1.29, 1.82) is 0 Å². The number of halogens is 5. The summed E-state index contributed by atoms with van der Waals surface area (Å²) in [5.74, 6) is -0.849. The predicted molar refractivity (Wildman–Crippen MR) is 69.3 cm³/mol. The molecule has 0 bridgehead atoms. The van der Waals surface area contributed by atoms with Crippen LogP contribution in [0.2, 0.25) is 5.02 Å². The lowest BCUT2D eigenvalue weighted by Gasteiger charge is -2.18. The van der Waals surface area contributed by atoms with Gasteiger partial charge in [-0.3, -0.25) is 4.98 Å². The molecule has 1 atom stereocenters. The first-order chi connectivity index (χ1) is 9.79. The van der Waals surface area contributed by atoms with Crippen LogP contribution in [0.4, 0.5) is 17.6 Å². The molecule has 1 N–H and O–H groups in total. The van der Waals surface area contributed by atoms with Crippen LogP contribution < -0.4 is 0 Å². The lowest BCUT2D eigenvalue weighted by atomic mass is 9.97. The molecular weight excluding hydrogens is 310 g/mol. The van der Waals surface area contributed by atoms with Crippen LogP contribution in [-0.4, -0.2) is 10.1 Å². The predicted octanol–water partition coefficient (Wildman–Crippen LogP) is 4.17. The van der Waals surface area contributed by atoms with Gasteiger partial charge < -0.3 is 5.11 Å². The number of aromatic nitrogens is 1. The van der Waals surface area contributed by atoms with E-state index in [1.165, 1.54) is 18.5 Å². The SMILES string of the molecule is OC(Cc1ccncc1Cl)c1cc(F)ccc1C(F)(F)F. The Morgan fingerprint density at radius 2 is 1.95 bits per heavy atom. The van der Waals surface area contributed by atoms with Gasteiger partial charge >= 0.3 is 6.18 Å². The Kier molecular flexibility index (Phi) is 4.49. The van der Waals surface area contributed by atoms with Gasteiger partial charge in [0.25, 0.3) is 0 Å². The fourth-order valence-corrected chi connectivity index (χ4v) is 2.15. The fraction of sp³-hybridized carbons (Fsp3) is 0.214. The van der Waals surface area contributed by atoms with Crippen LogP contribution >= 0.6 is 11.6 Å². The van der Waals surface area contributed by atoms with Crippen molar-refractivity contribution in [1.82, 2.24) is 4.98 Å². The Hall–Kier alpha value is -1.66. The molecule has 0 aliphatic rings. The number of benzene rings is 1. The monoisotopic (exact) mass is 319 g/mol. The van der Waals surface area contributed by atoms with Gasteiger partial charge in [0.1, 0.15) is 5.82 Å². The van der Waals surface area contributed by atoms with Crippen molar-refractivity contribution in [2.24, 2.45) is 0 Å². The molecule has 2 rings (SSSR count). The second kappa shape index (κ2) is 5.99. The van der Waals surface area contributed by atoms with Crippen LogP contribution in [-0.2, 0) is 12.6 Å². The average molecular weight is 320 g/mol. The van der Waals surface area contributed by atoms with Crippen molar-refractivity contribution in [3.05, 3.63) is 64.2 Å². The Balaban J connectivity index is 2.37. The van der Waals surface area contributed by atoms with Crippen molar-refractivity contribution in [3.8, 4) is 0 Å². The highest BCUT2D eigenvalue weighted by molar-refractivity contribution is 6.31. The summed E-state index contributed by atoms with van der Waals surface area (Å²) in [6.07, 6.45) is -3.65. The van der Waals surface area contributed by atoms with Gasteiger partial charge in [0.05, 0.1) is 16.7 Å². The number of alkyl halides is 3. The maximum atomic E-state index is 13.2. The molecule has 1 heterocycles. The number of hydrogen-bond donors (Lipinski definition) is 1. The summed E-state index contributed by atoms with van der Waals surface area (Å²) in [5.41, 5.74) is -1.16. The first-order valence-electron chi connectivity index (χ1n) is 5.92. The largest absolute Gasteiger partial charge is 0.416 e. The van der Waals surface area contributed by atoms with Crippen molar-refractivity contribution < 1.29 is 22.7 Å². The first kappa shape index (κ1) is 15.7. The third-order valence-corrected chi connectivity index (χ3v) is 3.29. The Morgan fingerprint density at radius 3 is 2.57 bits per heavy atom. The van der Waals surface area contributed by atoms with Gasteiger partial charge in [0.15, 0.2) is 0 Å². The van der Waals surface area contributed by atoms with Crippen molar-refractivity contribution in [2.45, 2.75) is 18.7 Å². The van der Waals surface area contributed by atoms with Crippen LogP contribution in [0.5, 0.6) is 0 Å². The third kappa shape index (κ3) is 3.71. The Bertz CT molecular complexity index is 645. The quantitative estimate of drug-likeness (QED) is 0.861. The molecule has 0 aliphatic heterocycles. The van der Waals surface area contributed by atoms with Crippen LogP contribution in [0.15, 0.2) is 36.7 Å². The molecule has 0 saturated heterocycles. The minimum Gasteiger partial charge on any atom is -0.388 e. The molecule has 2 nitrogen and oxygen atoms in total. The normalized spacial score (nSPS) is 13.2. The minimum absolute atomic E-state index is 0.173. The highest BCUT2D eigenvalue weighted by Gasteiger charge is 2.35. The lowest BCUT2D eigenvalue weighted by molar-refractivity contribution is -0.139. The van der Waals surface area contributed by atoms with Crippen LogP contribution in [0, 0.1) is 5.82 Å². The third-order valence-electron chi connectivity index (χ3n) is 2.95. The molecule has 7 heteroatoms. The molecule has 0 amide bonds. The molecule has 0 spiro atoms. The summed E-state index contributed by atoms with van der Waals surface area (Å²) in [4.78, 5) is 3.74. The molecule has 0 radical (unpaired) electrons. The van der Waals surface area contributed by atoms with E-state index < -0.39 is 29.2 Å². The van der Waals surface area contributed by atoms with Crippen molar-refractivity contribution >= 4 is 11.6 Å². The molecule has 1 aromatic heterocycles. The maximum Gasteiger partial charge on any atom is 0.416 e. The summed E-state index contributed by atoms with van der Waals surface area (Å²) >= 11 is 5.85. The molecule has 0 aliphatic carbocycles. The van der Waals surface area contributed by atoms with Crippen LogP contribution in [0.1, 0.15) is 22.8 Å². The van der Waals surface area contributed by atoms with Gasteiger partial charge in [-0.15, -0.1) is 0 Å². The van der Waals surface area contributed by atoms with Gasteiger partial charge in [0, 0.05) is 18.8 Å². The summed E-state index contributed by atoms with van der Waals surface area (Å²) < 4.78 is 51.9. The van der Waals surface area contributed by atoms with Gasteiger partial charge in [-0.1, -0.05) is 11.6 Å². The summed E-state index contributed by atoms with van der Waals surface area (Å²) in [6.45, 7) is 0. The molecule has 0 saturated carbocycles. The van der Waals surface area contributed by atoms with Crippen molar-refractivity contribution in [3.63, 3.8) is 0 Å². The smallest absolute Gasteiger partial charge is 0.388 e. The van der Waals surface area contributed by atoms with Crippen LogP contribution in [0.25, 0.3) is 0 Å². The molecular formula is C14H10ClF4NO. The molecule has 21 heavy (non-hydrogen) atoms. The van der Waals surface area contributed by atoms with E-state index in [0.29, 0.717) is 23.8 Å². The number of nitrogens with zero attached hydrogens (tertiary/aromatic N) is 1. The van der Waals surface area contributed by atoms with E-state index in [-0.39, 0.29) is 11.4 Å². The maximum absolute atomic E-state index is 13.2. The standard InChI is InChI=1S/C14H10ClF4NO/c15-12-7-20-4-3-8(12)5-13(21)10-6-9(16)1-2-11(10)14(17,18)19/h1-4,6-7,13,21H,5H2. The minimum atomic E-state index is -4.67. The van der Waals surface area contributed by atoms with E-state index in [9.17, 15) is 22.7 Å². The number of pyridine rings is 1. The first-order valence-corrected chi connectivity index (χ1v) is 6.30. The van der Waals surface area contributed by atoms with Crippen LogP contribution in [0.3, 0.4) is 0 Å². The molecule has 1 unspecified atom stereocenters. The Labute approximate surface area is 123 Å². The summed E-state index contributed by atoms with van der Waals surface area (Å²) in [5, 5.41) is 10.2. The number of aliphatic hydroxyl groups is 1. The number of hydrogen-bond acceptors (Lipinski definition) is 2. The summed E-state index contributed by atoms with van der Waals surface area (Å²) in [7, 11) is 0. The van der Waals surface area contributed by atoms with E-state index in [1.807, 2.05) is 0 Å². The molecule has 1 aromatic carbocycles. The topological polar surface area (TPSA) is 33.1 Å². The van der Waals surface area contributed by atoms with E-state index in [1.54, 1.807) is 0 Å². The second-order valence-corrected chi connectivity index (χ2v) is 4.82. The van der Waals surface area contributed by atoms with Gasteiger partial charge in [-0.25, -0.2) is 4.39 Å². The number of aliphatic hydroxyl groups excluding tert-OH is 1. The zero-order valence-corrected chi connectivity index (χ0v) is 11.3. The lowest BCUT2D eigenvalue weighted by Crippen LogP contribution is -2.14. The van der Waals surface area contributed by atoms with Gasteiger partial charge in [-0.2, -0.15) is 13.2 Å². The molecule has 112 valence electrons. The van der Waals surface area contributed by atoms with Gasteiger partial charge in [-0.05, 0) is 35.4 Å². The van der Waals surface area contributed by atoms with E-state index >= 15 is 0 Å². The average Bonchev–Trinajstić information content (AvgIpc) is 2.40. The van der Waals surface area contributed by atoms with E-state index in [2.05, 4.69) is 4.98 Å². The second-order valence-electron chi connectivity index (χ2n) is 4.42. The molecule has 2 aromatic rings. The Morgan fingerprint density at radius 1 is 1.24 bits per heavy atom. The highest BCUT2D eigenvalue weighted by atomic mass is 35.5. The van der Waals surface area contributed by atoms with E-state index in [0.717, 1.165) is 0 Å². The highest BCUT2D eigenvalue weighted by Crippen LogP contribution is 2.36. The number of rotatable bonds is 3. The van der Waals surface area contributed by atoms with Gasteiger partial charge in [0.2, 0.25) is 0 Å². The zero-order chi connectivity index (χ0) is 15.6. The fourth-order valence-electron chi connectivity index (χ4n) is 1.96. The van der Waals surface area contributed by atoms with Crippen molar-refractivity contribution in [2.75, 3.05) is 0 Å².